The molecule has 0 atom stereocenters. The second-order valence-electron chi connectivity index (χ2n) is 6.54. The fourth-order valence-electron chi connectivity index (χ4n) is 3.53. The molecule has 0 saturated carbocycles. The third kappa shape index (κ3) is 3.67. The van der Waals surface area contributed by atoms with Gasteiger partial charge in [0.2, 0.25) is 5.91 Å². The van der Waals surface area contributed by atoms with Crippen LogP contribution in [0.15, 0.2) is 35.1 Å². The van der Waals surface area contributed by atoms with Crippen molar-refractivity contribution in [2.45, 2.75) is 52.1 Å². The normalized spacial score (nSPS) is 15.5. The Bertz CT molecular complexity index is 770. The van der Waals surface area contributed by atoms with Gasteiger partial charge in [-0.25, -0.2) is 9.48 Å². The predicted molar refractivity (Wildman–Crippen MR) is 96.6 cm³/mol. The molecule has 0 spiro atoms. The van der Waals surface area contributed by atoms with E-state index in [-0.39, 0.29) is 17.5 Å². The standard InChI is InChI=1S/C19H26N4O2/c1-3-17(24)21-12-10-16(11-13-21)18-20-23(19(25)22(18)4-2)14-15-8-6-5-7-9-15/h5-9,16H,3-4,10-14H2,1-2H3. The topological polar surface area (TPSA) is 60.1 Å². The summed E-state index contributed by atoms with van der Waals surface area (Å²) >= 11 is 0. The molecule has 1 aromatic heterocycles. The van der Waals surface area contributed by atoms with E-state index in [9.17, 15) is 9.59 Å². The van der Waals surface area contributed by atoms with Crippen molar-refractivity contribution in [2.24, 2.45) is 0 Å². The molecule has 0 radical (unpaired) electrons. The first-order valence-corrected chi connectivity index (χ1v) is 9.13. The molecule has 0 N–H and O–H groups in total. The molecule has 1 amide bonds. The Morgan fingerprint density at radius 3 is 2.44 bits per heavy atom. The van der Waals surface area contributed by atoms with Crippen LogP contribution in [0.2, 0.25) is 0 Å². The van der Waals surface area contributed by atoms with E-state index in [0.717, 1.165) is 37.3 Å². The Hall–Kier alpha value is -2.37. The molecule has 1 saturated heterocycles. The van der Waals surface area contributed by atoms with Gasteiger partial charge in [0.1, 0.15) is 5.82 Å². The molecule has 0 unspecified atom stereocenters. The van der Waals surface area contributed by atoms with Crippen LogP contribution in [0.25, 0.3) is 0 Å². The summed E-state index contributed by atoms with van der Waals surface area (Å²) in [6, 6.07) is 9.92. The second-order valence-corrected chi connectivity index (χ2v) is 6.54. The average Bonchev–Trinajstić information content (AvgIpc) is 2.97. The van der Waals surface area contributed by atoms with Crippen LogP contribution in [0.4, 0.5) is 0 Å². The zero-order chi connectivity index (χ0) is 17.8. The minimum absolute atomic E-state index is 0.0478. The van der Waals surface area contributed by atoms with E-state index in [0.29, 0.717) is 19.5 Å². The van der Waals surface area contributed by atoms with Gasteiger partial charge in [0.25, 0.3) is 0 Å². The van der Waals surface area contributed by atoms with E-state index < -0.39 is 0 Å². The number of amides is 1. The first-order valence-electron chi connectivity index (χ1n) is 9.13. The van der Waals surface area contributed by atoms with Crippen LogP contribution >= 0.6 is 0 Å². The first-order chi connectivity index (χ1) is 12.1. The molecule has 1 aliphatic rings. The van der Waals surface area contributed by atoms with Gasteiger partial charge in [-0.3, -0.25) is 9.36 Å². The van der Waals surface area contributed by atoms with Crippen LogP contribution in [-0.4, -0.2) is 38.2 Å². The number of hydrogen-bond acceptors (Lipinski definition) is 3. The Morgan fingerprint density at radius 1 is 1.16 bits per heavy atom. The molecular formula is C19H26N4O2. The summed E-state index contributed by atoms with van der Waals surface area (Å²) in [5.74, 6) is 1.32. The Labute approximate surface area is 148 Å². The van der Waals surface area contributed by atoms with Gasteiger partial charge in [0, 0.05) is 32.0 Å². The van der Waals surface area contributed by atoms with E-state index in [4.69, 9.17) is 0 Å². The van der Waals surface area contributed by atoms with Crippen LogP contribution in [0, 0.1) is 0 Å². The maximum absolute atomic E-state index is 12.7. The number of likely N-dealkylation sites (tertiary alicyclic amines) is 1. The second kappa shape index (κ2) is 7.68. The number of carbonyl (C=O) groups is 1. The lowest BCUT2D eigenvalue weighted by Gasteiger charge is -2.31. The molecule has 25 heavy (non-hydrogen) atoms. The fraction of sp³-hybridized carbons (Fsp3) is 0.526. The third-order valence-corrected chi connectivity index (χ3v) is 4.96. The van der Waals surface area contributed by atoms with Crippen molar-refractivity contribution in [2.75, 3.05) is 13.1 Å². The molecule has 2 aromatic rings. The van der Waals surface area contributed by atoms with Crippen molar-refractivity contribution in [3.63, 3.8) is 0 Å². The zero-order valence-corrected chi connectivity index (χ0v) is 15.0. The molecule has 3 rings (SSSR count). The van der Waals surface area contributed by atoms with Gasteiger partial charge in [0.15, 0.2) is 0 Å². The zero-order valence-electron chi connectivity index (χ0n) is 15.0. The fourth-order valence-corrected chi connectivity index (χ4v) is 3.53. The van der Waals surface area contributed by atoms with Gasteiger partial charge < -0.3 is 4.90 Å². The highest BCUT2D eigenvalue weighted by Crippen LogP contribution is 2.26. The van der Waals surface area contributed by atoms with Crippen molar-refractivity contribution >= 4 is 5.91 Å². The Morgan fingerprint density at radius 2 is 1.84 bits per heavy atom. The van der Waals surface area contributed by atoms with Crippen molar-refractivity contribution in [3.05, 3.63) is 52.2 Å². The summed E-state index contributed by atoms with van der Waals surface area (Å²) in [5, 5.41) is 4.65. The summed E-state index contributed by atoms with van der Waals surface area (Å²) in [7, 11) is 0. The molecule has 2 heterocycles. The van der Waals surface area contributed by atoms with Crippen LogP contribution < -0.4 is 5.69 Å². The highest BCUT2D eigenvalue weighted by atomic mass is 16.2. The highest BCUT2D eigenvalue weighted by molar-refractivity contribution is 5.75. The summed E-state index contributed by atoms with van der Waals surface area (Å²) in [6.45, 7) is 6.50. The molecule has 0 bridgehead atoms. The van der Waals surface area contributed by atoms with Crippen molar-refractivity contribution in [3.8, 4) is 0 Å². The lowest BCUT2D eigenvalue weighted by molar-refractivity contribution is -0.131. The van der Waals surface area contributed by atoms with Crippen molar-refractivity contribution in [1.29, 1.82) is 0 Å². The van der Waals surface area contributed by atoms with E-state index in [1.54, 1.807) is 9.25 Å². The molecule has 0 aliphatic carbocycles. The largest absolute Gasteiger partial charge is 0.346 e. The summed E-state index contributed by atoms with van der Waals surface area (Å²) < 4.78 is 3.35. The van der Waals surface area contributed by atoms with Gasteiger partial charge in [-0.15, -0.1) is 0 Å². The minimum Gasteiger partial charge on any atom is -0.343 e. The van der Waals surface area contributed by atoms with Gasteiger partial charge in [0.05, 0.1) is 6.54 Å². The molecule has 134 valence electrons. The summed E-state index contributed by atoms with van der Waals surface area (Å²) in [6.07, 6.45) is 2.29. The smallest absolute Gasteiger partial charge is 0.343 e. The van der Waals surface area contributed by atoms with E-state index in [1.165, 1.54) is 0 Å². The van der Waals surface area contributed by atoms with Gasteiger partial charge in [-0.2, -0.15) is 5.10 Å². The maximum atomic E-state index is 12.7. The minimum atomic E-state index is -0.0478. The number of hydrogen-bond donors (Lipinski definition) is 0. The average molecular weight is 342 g/mol. The quantitative estimate of drug-likeness (QED) is 0.837. The van der Waals surface area contributed by atoms with E-state index in [2.05, 4.69) is 5.10 Å². The maximum Gasteiger partial charge on any atom is 0.346 e. The molecule has 1 aromatic carbocycles. The molecule has 1 aliphatic heterocycles. The van der Waals surface area contributed by atoms with Crippen LogP contribution in [0.5, 0.6) is 0 Å². The highest BCUT2D eigenvalue weighted by Gasteiger charge is 2.27. The monoisotopic (exact) mass is 342 g/mol. The number of aromatic nitrogens is 3. The molecule has 6 heteroatoms. The number of piperidine rings is 1. The van der Waals surface area contributed by atoms with E-state index in [1.807, 2.05) is 49.1 Å². The molecular weight excluding hydrogens is 316 g/mol. The van der Waals surface area contributed by atoms with E-state index >= 15 is 0 Å². The number of benzene rings is 1. The molecule has 6 nitrogen and oxygen atoms in total. The predicted octanol–water partition coefficient (Wildman–Crippen LogP) is 2.23. The Kier molecular flexibility index (Phi) is 5.36. The lowest BCUT2D eigenvalue weighted by Crippen LogP contribution is -2.38. The SMILES string of the molecule is CCC(=O)N1CCC(c2nn(Cc3ccccc3)c(=O)n2CC)CC1. The number of nitrogens with zero attached hydrogens (tertiary/aromatic N) is 4. The lowest BCUT2D eigenvalue weighted by atomic mass is 9.95. The van der Waals surface area contributed by atoms with Crippen LogP contribution in [0.3, 0.4) is 0 Å². The van der Waals surface area contributed by atoms with Crippen molar-refractivity contribution < 1.29 is 4.79 Å². The van der Waals surface area contributed by atoms with Gasteiger partial charge in [-0.05, 0) is 25.3 Å². The molecule has 1 fully saturated rings. The van der Waals surface area contributed by atoms with Gasteiger partial charge >= 0.3 is 5.69 Å². The summed E-state index contributed by atoms with van der Waals surface area (Å²) in [5.41, 5.74) is 1.02. The Balaban J connectivity index is 1.79. The third-order valence-electron chi connectivity index (χ3n) is 4.96. The number of carbonyl (C=O) groups excluding carboxylic acids is 1. The van der Waals surface area contributed by atoms with Crippen LogP contribution in [0.1, 0.15) is 50.4 Å². The summed E-state index contributed by atoms with van der Waals surface area (Å²) in [4.78, 5) is 26.5. The van der Waals surface area contributed by atoms with Crippen LogP contribution in [-0.2, 0) is 17.9 Å². The first kappa shape index (κ1) is 17.5. The van der Waals surface area contributed by atoms with Gasteiger partial charge in [-0.1, -0.05) is 37.3 Å². The number of rotatable bonds is 5. The van der Waals surface area contributed by atoms with Crippen molar-refractivity contribution in [1.82, 2.24) is 19.2 Å².